The molecule has 6 heterocycles. The molecule has 5 aromatic rings. The van der Waals surface area contributed by atoms with Crippen LogP contribution in [0.1, 0.15) is 37.8 Å². The molecule has 1 saturated carbocycles. The number of aryl methyl sites for hydroxylation is 1. The smallest absolute Gasteiger partial charge is 0.261 e. The van der Waals surface area contributed by atoms with Gasteiger partial charge < -0.3 is 15.6 Å². The zero-order valence-electron chi connectivity index (χ0n) is 19.0. The fraction of sp³-hybridized carbons (Fsp3) is 0.375. The maximum Gasteiger partial charge on any atom is 0.261 e. The van der Waals surface area contributed by atoms with Gasteiger partial charge >= 0.3 is 0 Å². The second-order valence-electron chi connectivity index (χ2n) is 9.39. The summed E-state index contributed by atoms with van der Waals surface area (Å²) in [6, 6.07) is 2.16. The second-order valence-corrected chi connectivity index (χ2v) is 10.4. The second kappa shape index (κ2) is 7.99. The van der Waals surface area contributed by atoms with Gasteiger partial charge in [0.1, 0.15) is 21.3 Å². The molecule has 2 aliphatic rings. The van der Waals surface area contributed by atoms with E-state index in [0.717, 1.165) is 47.5 Å². The number of rotatable bonds is 5. The van der Waals surface area contributed by atoms with Crippen LogP contribution < -0.4 is 16.2 Å². The van der Waals surface area contributed by atoms with E-state index in [1.165, 1.54) is 18.5 Å². The van der Waals surface area contributed by atoms with Crippen molar-refractivity contribution in [1.29, 1.82) is 0 Å². The number of nitrogens with zero attached hydrogens (tertiary/aromatic N) is 5. The molecule has 0 unspecified atom stereocenters. The van der Waals surface area contributed by atoms with Crippen LogP contribution in [0.2, 0.25) is 0 Å². The van der Waals surface area contributed by atoms with Crippen molar-refractivity contribution in [3.8, 4) is 10.4 Å². The summed E-state index contributed by atoms with van der Waals surface area (Å²) < 4.78 is 3.83. The highest BCUT2D eigenvalue weighted by Crippen LogP contribution is 2.36. The number of fused-ring (bicyclic) bond motifs is 6. The van der Waals surface area contributed by atoms with Gasteiger partial charge in [-0.3, -0.25) is 19.3 Å². The van der Waals surface area contributed by atoms with E-state index in [0.29, 0.717) is 33.7 Å². The Morgan fingerprint density at radius 1 is 1.20 bits per heavy atom. The van der Waals surface area contributed by atoms with Gasteiger partial charge in [0, 0.05) is 30.0 Å². The molecule has 11 heteroatoms. The third-order valence-electron chi connectivity index (χ3n) is 7.09. The molecule has 178 valence electrons. The first-order valence-electron chi connectivity index (χ1n) is 12.1. The lowest BCUT2D eigenvalue weighted by Gasteiger charge is -2.11. The average Bonchev–Trinajstić information content (AvgIpc) is 3.64. The van der Waals surface area contributed by atoms with E-state index >= 15 is 0 Å². The van der Waals surface area contributed by atoms with Gasteiger partial charge in [-0.05, 0) is 31.7 Å². The minimum absolute atomic E-state index is 0.122. The van der Waals surface area contributed by atoms with E-state index in [1.807, 2.05) is 12.4 Å². The van der Waals surface area contributed by atoms with E-state index in [1.54, 1.807) is 28.1 Å². The zero-order valence-corrected chi connectivity index (χ0v) is 19.8. The lowest BCUT2D eigenvalue weighted by Crippen LogP contribution is -2.34. The number of amides is 1. The van der Waals surface area contributed by atoms with Crippen LogP contribution >= 0.6 is 11.3 Å². The summed E-state index contributed by atoms with van der Waals surface area (Å²) in [4.78, 5) is 34.8. The van der Waals surface area contributed by atoms with Crippen molar-refractivity contribution in [2.45, 2.75) is 51.1 Å². The highest BCUT2D eigenvalue weighted by Gasteiger charge is 2.22. The van der Waals surface area contributed by atoms with Gasteiger partial charge in [-0.25, -0.2) is 4.52 Å². The standard InChI is InChI=1S/C24H24N8O2S/c33-19(11-25-13-4-1-2-5-13)28-14-8-16-21(26-9-14)22-20(23(34)29-16)24-32(30-22)12-18(35-24)15-10-27-31-7-3-6-17(15)31/h8-10,12-13,25H,1-7,11H2,(H,28,33)(H,29,34). The van der Waals surface area contributed by atoms with E-state index in [9.17, 15) is 9.59 Å². The van der Waals surface area contributed by atoms with Gasteiger partial charge in [0.05, 0.1) is 35.0 Å². The molecule has 1 aliphatic heterocycles. The molecule has 0 bridgehead atoms. The number of H-pyrrole nitrogens is 1. The molecule has 5 aromatic heterocycles. The number of carbonyl (C=O) groups is 1. The summed E-state index contributed by atoms with van der Waals surface area (Å²) in [6.07, 6.45) is 12.3. The maximum atomic E-state index is 13.1. The van der Waals surface area contributed by atoms with Gasteiger partial charge in [-0.15, -0.1) is 11.3 Å². The minimum Gasteiger partial charge on any atom is -0.324 e. The summed E-state index contributed by atoms with van der Waals surface area (Å²) in [7, 11) is 0. The fourth-order valence-electron chi connectivity index (χ4n) is 5.38. The van der Waals surface area contributed by atoms with Crippen molar-refractivity contribution in [2.75, 3.05) is 11.9 Å². The summed E-state index contributed by atoms with van der Waals surface area (Å²) in [5.41, 5.74) is 4.39. The SMILES string of the molecule is O=C(CNC1CCCC1)Nc1cnc2c(c1)[nH]c(=O)c1c2nn2cc(-c3cnn4c3CCC4)sc12. The number of aromatic nitrogens is 6. The van der Waals surface area contributed by atoms with Gasteiger partial charge in [0.2, 0.25) is 5.91 Å². The first-order valence-corrected chi connectivity index (χ1v) is 12.9. The Bertz CT molecular complexity index is 1670. The van der Waals surface area contributed by atoms with Crippen LogP contribution in [0.15, 0.2) is 29.5 Å². The Hall–Kier alpha value is -3.57. The van der Waals surface area contributed by atoms with Crippen molar-refractivity contribution in [1.82, 2.24) is 34.7 Å². The Morgan fingerprint density at radius 3 is 2.97 bits per heavy atom. The monoisotopic (exact) mass is 488 g/mol. The molecule has 0 atom stereocenters. The molecule has 3 N–H and O–H groups in total. The van der Waals surface area contributed by atoms with Crippen molar-refractivity contribution in [3.63, 3.8) is 0 Å². The molecule has 7 rings (SSSR count). The largest absolute Gasteiger partial charge is 0.324 e. The normalized spacial score (nSPS) is 16.1. The molecule has 35 heavy (non-hydrogen) atoms. The Morgan fingerprint density at radius 2 is 2.09 bits per heavy atom. The van der Waals surface area contributed by atoms with Gasteiger partial charge in [-0.2, -0.15) is 10.2 Å². The summed E-state index contributed by atoms with van der Waals surface area (Å²) in [5, 5.41) is 15.9. The third kappa shape index (κ3) is 3.45. The zero-order chi connectivity index (χ0) is 23.5. The van der Waals surface area contributed by atoms with Crippen molar-refractivity contribution < 1.29 is 4.79 Å². The Balaban J connectivity index is 1.21. The number of pyridine rings is 2. The fourth-order valence-corrected chi connectivity index (χ4v) is 6.50. The van der Waals surface area contributed by atoms with Crippen molar-refractivity contribution in [2.24, 2.45) is 0 Å². The number of nitrogens with one attached hydrogen (secondary N) is 3. The summed E-state index contributed by atoms with van der Waals surface area (Å²) in [6.45, 7) is 1.22. The topological polar surface area (TPSA) is 122 Å². The number of hydrogen-bond acceptors (Lipinski definition) is 7. The number of hydrogen-bond donors (Lipinski definition) is 3. The van der Waals surface area contributed by atoms with Gasteiger partial charge in [-0.1, -0.05) is 12.8 Å². The van der Waals surface area contributed by atoms with E-state index < -0.39 is 0 Å². The third-order valence-corrected chi connectivity index (χ3v) is 8.22. The van der Waals surface area contributed by atoms with E-state index in [2.05, 4.69) is 30.4 Å². The van der Waals surface area contributed by atoms with Crippen LogP contribution in [0.4, 0.5) is 5.69 Å². The first-order chi connectivity index (χ1) is 17.1. The predicted octanol–water partition coefficient (Wildman–Crippen LogP) is 3.07. The van der Waals surface area contributed by atoms with Crippen LogP contribution in [-0.2, 0) is 17.8 Å². The van der Waals surface area contributed by atoms with Gasteiger partial charge in [0.25, 0.3) is 5.56 Å². The molecule has 0 aromatic carbocycles. The van der Waals surface area contributed by atoms with E-state index in [4.69, 9.17) is 5.10 Å². The van der Waals surface area contributed by atoms with Crippen LogP contribution in [0.5, 0.6) is 0 Å². The Labute approximate surface area is 203 Å². The number of carbonyl (C=O) groups excluding carboxylic acids is 1. The van der Waals surface area contributed by atoms with Crippen molar-refractivity contribution in [3.05, 3.63) is 40.7 Å². The predicted molar refractivity (Wildman–Crippen MR) is 135 cm³/mol. The number of anilines is 1. The average molecular weight is 489 g/mol. The number of thiazole rings is 1. The Kier molecular flexibility index (Phi) is 4.74. The van der Waals surface area contributed by atoms with Crippen LogP contribution in [-0.4, -0.2) is 47.9 Å². The molecule has 0 spiro atoms. The summed E-state index contributed by atoms with van der Waals surface area (Å²) >= 11 is 1.54. The first kappa shape index (κ1) is 20.8. The molecule has 1 fully saturated rings. The maximum absolute atomic E-state index is 13.1. The molecule has 10 nitrogen and oxygen atoms in total. The van der Waals surface area contributed by atoms with Crippen LogP contribution in [0.3, 0.4) is 0 Å². The highest BCUT2D eigenvalue weighted by atomic mass is 32.1. The lowest BCUT2D eigenvalue weighted by molar-refractivity contribution is -0.115. The minimum atomic E-state index is -0.218. The van der Waals surface area contributed by atoms with Gasteiger partial charge in [0.15, 0.2) is 0 Å². The molecule has 0 radical (unpaired) electrons. The van der Waals surface area contributed by atoms with Crippen LogP contribution in [0, 0.1) is 0 Å². The van der Waals surface area contributed by atoms with Crippen LogP contribution in [0.25, 0.3) is 37.2 Å². The number of aromatic amines is 1. The molecular weight excluding hydrogens is 464 g/mol. The quantitative estimate of drug-likeness (QED) is 0.350. The molecule has 1 amide bonds. The molecular formula is C24H24N8O2S. The highest BCUT2D eigenvalue weighted by molar-refractivity contribution is 7.21. The molecule has 0 saturated heterocycles. The lowest BCUT2D eigenvalue weighted by atomic mass is 10.2. The molecule has 1 aliphatic carbocycles. The summed E-state index contributed by atoms with van der Waals surface area (Å²) in [5.74, 6) is -0.122. The van der Waals surface area contributed by atoms with Crippen molar-refractivity contribution >= 4 is 49.7 Å². The van der Waals surface area contributed by atoms with E-state index in [-0.39, 0.29) is 18.0 Å².